The molecule has 0 atom stereocenters. The lowest BCUT2D eigenvalue weighted by molar-refractivity contribution is -0.0399. The lowest BCUT2D eigenvalue weighted by Gasteiger charge is -2.61. The van der Waals surface area contributed by atoms with Crippen LogP contribution in [0.15, 0.2) is 168 Å². The summed E-state index contributed by atoms with van der Waals surface area (Å²) < 4.78 is 6.39. The molecule has 1 aromatic heterocycles. The molecule has 8 aromatic rings. The third-order valence-electron chi connectivity index (χ3n) is 13.9. The normalized spacial score (nSPS) is 23.3. The van der Waals surface area contributed by atoms with Gasteiger partial charge in [0.2, 0.25) is 0 Å². The van der Waals surface area contributed by atoms with Crippen LogP contribution in [-0.2, 0) is 5.41 Å². The largest absolute Gasteiger partial charge is 0.455 e. The van der Waals surface area contributed by atoms with Gasteiger partial charge < -0.3 is 9.32 Å². The minimum Gasteiger partial charge on any atom is -0.455 e. The van der Waals surface area contributed by atoms with E-state index >= 15 is 0 Å². The van der Waals surface area contributed by atoms with Gasteiger partial charge in [0.15, 0.2) is 0 Å². The summed E-state index contributed by atoms with van der Waals surface area (Å²) in [5.41, 5.74) is 16.5. The van der Waals surface area contributed by atoms with Gasteiger partial charge in [0.25, 0.3) is 0 Å². The predicted molar refractivity (Wildman–Crippen MR) is 223 cm³/mol. The van der Waals surface area contributed by atoms with E-state index < -0.39 is 0 Å². The van der Waals surface area contributed by atoms with Gasteiger partial charge in [-0.2, -0.15) is 0 Å². The van der Waals surface area contributed by atoms with Gasteiger partial charge in [0.05, 0.1) is 0 Å². The third kappa shape index (κ3) is 4.34. The molecular formula is C52H41NO. The summed E-state index contributed by atoms with van der Waals surface area (Å²) in [5, 5.41) is 2.31. The van der Waals surface area contributed by atoms with Crippen molar-refractivity contribution >= 4 is 39.0 Å². The number of nitrogens with zero attached hydrogens (tertiary/aromatic N) is 1. The first-order chi connectivity index (χ1) is 26.7. The minimum atomic E-state index is 0.182. The molecular weight excluding hydrogens is 655 g/mol. The Balaban J connectivity index is 0.912. The Hall–Kier alpha value is -5.86. The quantitative estimate of drug-likeness (QED) is 0.178. The maximum absolute atomic E-state index is 6.39. The topological polar surface area (TPSA) is 16.4 Å². The van der Waals surface area contributed by atoms with Crippen LogP contribution < -0.4 is 4.90 Å². The van der Waals surface area contributed by atoms with Gasteiger partial charge in [-0.1, -0.05) is 115 Å². The highest BCUT2D eigenvalue weighted by atomic mass is 16.3. The van der Waals surface area contributed by atoms with Crippen molar-refractivity contribution in [3.63, 3.8) is 0 Å². The van der Waals surface area contributed by atoms with Gasteiger partial charge >= 0.3 is 0 Å². The standard InChI is InChI=1S/C52H41NO/c1-2-9-40(10-3-1)53(42-24-19-36(20-25-42)43-13-8-14-47-46-12-5-7-16-50(46)54-51(43)47)41-22-17-35(18-23-41)37-21-26-45-44-11-4-6-15-48(44)52(49(45)32-37)38-28-33-27-34(30-38)31-39(52)29-33/h1-26,32-34,38-39H,27-31H2. The molecule has 0 saturated heterocycles. The van der Waals surface area contributed by atoms with Crippen LogP contribution in [0.2, 0.25) is 0 Å². The molecule has 4 fully saturated rings. The van der Waals surface area contributed by atoms with Crippen LogP contribution in [0.3, 0.4) is 0 Å². The molecule has 0 amide bonds. The highest BCUT2D eigenvalue weighted by Gasteiger charge is 2.61. The summed E-state index contributed by atoms with van der Waals surface area (Å²) in [6, 6.07) is 60.5. The molecule has 2 heteroatoms. The molecule has 4 bridgehead atoms. The lowest BCUT2D eigenvalue weighted by Crippen LogP contribution is -2.55. The van der Waals surface area contributed by atoms with E-state index in [0.29, 0.717) is 0 Å². The van der Waals surface area contributed by atoms with Crippen molar-refractivity contribution < 1.29 is 4.42 Å². The van der Waals surface area contributed by atoms with Gasteiger partial charge in [-0.3, -0.25) is 0 Å². The fourth-order valence-electron chi connectivity index (χ4n) is 11.9. The first-order valence-corrected chi connectivity index (χ1v) is 19.9. The number of para-hydroxylation sites is 3. The summed E-state index contributed by atoms with van der Waals surface area (Å²) in [7, 11) is 0. The highest BCUT2D eigenvalue weighted by Crippen LogP contribution is 2.69. The Labute approximate surface area is 316 Å². The van der Waals surface area contributed by atoms with Crippen molar-refractivity contribution in [3.8, 4) is 33.4 Å². The fourth-order valence-corrected chi connectivity index (χ4v) is 11.9. The molecule has 13 rings (SSSR count). The number of anilines is 3. The molecule has 5 aliphatic rings. The summed E-state index contributed by atoms with van der Waals surface area (Å²) in [6.45, 7) is 0. The summed E-state index contributed by atoms with van der Waals surface area (Å²) >= 11 is 0. The van der Waals surface area contributed by atoms with Crippen molar-refractivity contribution in [2.24, 2.45) is 23.7 Å². The van der Waals surface area contributed by atoms with Gasteiger partial charge in [-0.05, 0) is 143 Å². The Morgan fingerprint density at radius 2 is 1.00 bits per heavy atom. The summed E-state index contributed by atoms with van der Waals surface area (Å²) in [4.78, 5) is 2.36. The van der Waals surface area contributed by atoms with Gasteiger partial charge in [-0.25, -0.2) is 0 Å². The molecule has 2 nitrogen and oxygen atoms in total. The molecule has 1 spiro atoms. The van der Waals surface area contributed by atoms with E-state index in [1.807, 2.05) is 12.1 Å². The predicted octanol–water partition coefficient (Wildman–Crippen LogP) is 14.1. The molecule has 0 aliphatic heterocycles. The van der Waals surface area contributed by atoms with Crippen LogP contribution in [-0.4, -0.2) is 0 Å². The van der Waals surface area contributed by atoms with Crippen molar-refractivity contribution in [3.05, 3.63) is 175 Å². The van der Waals surface area contributed by atoms with E-state index in [9.17, 15) is 0 Å². The number of hydrogen-bond donors (Lipinski definition) is 0. The first-order valence-electron chi connectivity index (χ1n) is 19.9. The Morgan fingerprint density at radius 3 is 1.76 bits per heavy atom. The smallest absolute Gasteiger partial charge is 0.143 e. The number of rotatable bonds is 5. The molecule has 1 heterocycles. The highest BCUT2D eigenvalue weighted by molar-refractivity contribution is 6.09. The summed E-state index contributed by atoms with van der Waals surface area (Å²) in [6.07, 6.45) is 7.11. The summed E-state index contributed by atoms with van der Waals surface area (Å²) in [5.74, 6) is 3.43. The van der Waals surface area contributed by atoms with Gasteiger partial charge in [-0.15, -0.1) is 0 Å². The molecule has 0 N–H and O–H groups in total. The van der Waals surface area contributed by atoms with Crippen LogP contribution in [0.5, 0.6) is 0 Å². The van der Waals surface area contributed by atoms with Crippen LogP contribution in [0.25, 0.3) is 55.3 Å². The molecule has 54 heavy (non-hydrogen) atoms. The second-order valence-corrected chi connectivity index (χ2v) is 16.5. The Bertz CT molecular complexity index is 2690. The molecule has 7 aromatic carbocycles. The maximum Gasteiger partial charge on any atom is 0.143 e. The SMILES string of the molecule is c1ccc(N(c2ccc(-c3ccc4c(c3)C3(c5ccccc5-4)C4CC5CC(C4)CC3C5)cc2)c2ccc(-c3cccc4c3oc3ccccc34)cc2)cc1. The van der Waals surface area contributed by atoms with Crippen molar-refractivity contribution in [1.82, 2.24) is 0 Å². The van der Waals surface area contributed by atoms with Crippen molar-refractivity contribution in [2.45, 2.75) is 37.5 Å². The second kappa shape index (κ2) is 11.6. The molecule has 5 aliphatic carbocycles. The first kappa shape index (κ1) is 30.6. The minimum absolute atomic E-state index is 0.182. The molecule has 4 saturated carbocycles. The van der Waals surface area contributed by atoms with E-state index in [4.69, 9.17) is 4.42 Å². The van der Waals surface area contributed by atoms with E-state index in [1.54, 1.807) is 11.1 Å². The maximum atomic E-state index is 6.39. The van der Waals surface area contributed by atoms with Crippen LogP contribution >= 0.6 is 0 Å². The second-order valence-electron chi connectivity index (χ2n) is 16.5. The molecule has 0 unspecified atom stereocenters. The number of furan rings is 1. The van der Waals surface area contributed by atoms with E-state index in [2.05, 4.69) is 157 Å². The molecule has 0 radical (unpaired) electrons. The van der Waals surface area contributed by atoms with Crippen LogP contribution in [0.1, 0.15) is 43.2 Å². The van der Waals surface area contributed by atoms with E-state index in [-0.39, 0.29) is 5.41 Å². The van der Waals surface area contributed by atoms with Gasteiger partial charge in [0, 0.05) is 38.8 Å². The Morgan fingerprint density at radius 1 is 0.426 bits per heavy atom. The van der Waals surface area contributed by atoms with Crippen LogP contribution in [0, 0.1) is 23.7 Å². The van der Waals surface area contributed by atoms with Crippen molar-refractivity contribution in [1.29, 1.82) is 0 Å². The van der Waals surface area contributed by atoms with E-state index in [1.165, 1.54) is 54.4 Å². The number of benzene rings is 7. The average Bonchev–Trinajstić information content (AvgIpc) is 3.75. The zero-order valence-corrected chi connectivity index (χ0v) is 30.3. The van der Waals surface area contributed by atoms with Gasteiger partial charge in [0.1, 0.15) is 11.2 Å². The van der Waals surface area contributed by atoms with E-state index in [0.717, 1.165) is 73.8 Å². The van der Waals surface area contributed by atoms with Crippen molar-refractivity contribution in [2.75, 3.05) is 4.90 Å². The third-order valence-corrected chi connectivity index (χ3v) is 13.9. The lowest BCUT2D eigenvalue weighted by atomic mass is 9.43. The zero-order valence-electron chi connectivity index (χ0n) is 30.3. The van der Waals surface area contributed by atoms with Crippen LogP contribution in [0.4, 0.5) is 17.1 Å². The fraction of sp³-hybridized carbons (Fsp3) is 0.192. The Kier molecular flexibility index (Phi) is 6.55. The average molecular weight is 696 g/mol. The zero-order chi connectivity index (χ0) is 35.4. The number of fused-ring (bicyclic) bond motifs is 6. The molecule has 260 valence electrons. The number of hydrogen-bond acceptors (Lipinski definition) is 2. The monoisotopic (exact) mass is 695 g/mol.